The predicted molar refractivity (Wildman–Crippen MR) is 64.3 cm³/mol. The second-order valence-corrected chi connectivity index (χ2v) is 4.38. The van der Waals surface area contributed by atoms with Crippen molar-refractivity contribution in [3.8, 4) is 0 Å². The van der Waals surface area contributed by atoms with E-state index < -0.39 is 0 Å². The van der Waals surface area contributed by atoms with Crippen molar-refractivity contribution in [3.05, 3.63) is 24.5 Å². The fourth-order valence-corrected chi connectivity index (χ4v) is 1.82. The summed E-state index contributed by atoms with van der Waals surface area (Å²) in [5.74, 6) is 0.309. The summed E-state index contributed by atoms with van der Waals surface area (Å²) >= 11 is 1.46. The zero-order valence-electron chi connectivity index (χ0n) is 9.22. The number of hydrogen-bond donors (Lipinski definition) is 2. The van der Waals surface area contributed by atoms with E-state index in [-0.39, 0.29) is 18.6 Å². The number of thioether (sulfide) groups is 1. The van der Waals surface area contributed by atoms with E-state index in [0.29, 0.717) is 5.75 Å². The molecule has 1 rings (SSSR count). The largest absolute Gasteiger partial charge is 0.394 e. The van der Waals surface area contributed by atoms with E-state index >= 15 is 0 Å². The topological polar surface area (TPSA) is 62.2 Å². The lowest BCUT2D eigenvalue weighted by Crippen LogP contribution is -2.37. The van der Waals surface area contributed by atoms with Crippen LogP contribution in [-0.4, -0.2) is 34.4 Å². The van der Waals surface area contributed by atoms with Gasteiger partial charge in [-0.3, -0.25) is 9.78 Å². The summed E-state index contributed by atoms with van der Waals surface area (Å²) in [6.45, 7) is 1.92. The highest BCUT2D eigenvalue weighted by Crippen LogP contribution is 2.15. The Bertz CT molecular complexity index is 315. The number of nitrogens with one attached hydrogen (secondary N) is 1. The van der Waals surface area contributed by atoms with E-state index in [1.807, 2.05) is 19.1 Å². The van der Waals surface area contributed by atoms with Crippen molar-refractivity contribution in [2.75, 3.05) is 12.4 Å². The standard InChI is InChI=1S/C11H16N2O2S/c1-2-9(7-14)13-11(15)8-16-10-3-5-12-6-4-10/h3-6,9,14H,2,7-8H2,1H3,(H,13,15)/t9-/m0/s1. The highest BCUT2D eigenvalue weighted by atomic mass is 32.2. The molecular weight excluding hydrogens is 224 g/mol. The Hall–Kier alpha value is -1.07. The zero-order valence-corrected chi connectivity index (χ0v) is 10.0. The third-order valence-corrected chi connectivity index (χ3v) is 3.11. The van der Waals surface area contributed by atoms with Crippen LogP contribution in [0.2, 0.25) is 0 Å². The third-order valence-electron chi connectivity index (χ3n) is 2.10. The molecule has 0 unspecified atom stereocenters. The van der Waals surface area contributed by atoms with E-state index in [9.17, 15) is 4.79 Å². The Kier molecular flexibility index (Phi) is 5.88. The molecule has 0 saturated carbocycles. The van der Waals surface area contributed by atoms with E-state index in [1.54, 1.807) is 12.4 Å². The SMILES string of the molecule is CC[C@@H](CO)NC(=O)CSc1ccncc1. The summed E-state index contributed by atoms with van der Waals surface area (Å²) in [7, 11) is 0. The summed E-state index contributed by atoms with van der Waals surface area (Å²) < 4.78 is 0. The number of nitrogens with zero attached hydrogens (tertiary/aromatic N) is 1. The lowest BCUT2D eigenvalue weighted by Gasteiger charge is -2.13. The van der Waals surface area contributed by atoms with Crippen LogP contribution in [0.15, 0.2) is 29.4 Å². The Morgan fingerprint density at radius 3 is 2.81 bits per heavy atom. The van der Waals surface area contributed by atoms with Gasteiger partial charge in [-0.05, 0) is 18.6 Å². The van der Waals surface area contributed by atoms with Crippen LogP contribution in [0, 0.1) is 0 Å². The summed E-state index contributed by atoms with van der Waals surface area (Å²) in [5, 5.41) is 11.7. The lowest BCUT2D eigenvalue weighted by molar-refractivity contribution is -0.119. The number of aliphatic hydroxyl groups is 1. The minimum atomic E-state index is -0.134. The van der Waals surface area contributed by atoms with Gasteiger partial charge in [-0.15, -0.1) is 11.8 Å². The summed E-state index contributed by atoms with van der Waals surface area (Å²) in [6.07, 6.45) is 4.13. The smallest absolute Gasteiger partial charge is 0.230 e. The maximum atomic E-state index is 11.5. The molecule has 0 aliphatic carbocycles. The molecule has 1 aromatic rings. The Labute approximate surface area is 99.5 Å². The number of pyridine rings is 1. The molecule has 16 heavy (non-hydrogen) atoms. The van der Waals surface area contributed by atoms with Crippen LogP contribution in [0.25, 0.3) is 0 Å². The van der Waals surface area contributed by atoms with Gasteiger partial charge in [0, 0.05) is 17.3 Å². The number of hydrogen-bond acceptors (Lipinski definition) is 4. The number of rotatable bonds is 6. The molecule has 1 atom stereocenters. The van der Waals surface area contributed by atoms with Crippen molar-refractivity contribution in [1.82, 2.24) is 10.3 Å². The fourth-order valence-electron chi connectivity index (χ4n) is 1.13. The van der Waals surface area contributed by atoms with Crippen LogP contribution in [0.4, 0.5) is 0 Å². The fraction of sp³-hybridized carbons (Fsp3) is 0.455. The first-order chi connectivity index (χ1) is 7.76. The van der Waals surface area contributed by atoms with Crippen LogP contribution in [0.5, 0.6) is 0 Å². The molecule has 88 valence electrons. The van der Waals surface area contributed by atoms with Crippen molar-refractivity contribution in [2.24, 2.45) is 0 Å². The van der Waals surface area contributed by atoms with Crippen LogP contribution in [-0.2, 0) is 4.79 Å². The van der Waals surface area contributed by atoms with Gasteiger partial charge in [0.25, 0.3) is 0 Å². The van der Waals surface area contributed by atoms with Gasteiger partial charge in [0.2, 0.25) is 5.91 Å². The van der Waals surface area contributed by atoms with Crippen molar-refractivity contribution in [2.45, 2.75) is 24.3 Å². The van der Waals surface area contributed by atoms with E-state index in [2.05, 4.69) is 10.3 Å². The van der Waals surface area contributed by atoms with Gasteiger partial charge in [-0.1, -0.05) is 6.92 Å². The maximum Gasteiger partial charge on any atom is 0.230 e. The molecule has 1 aromatic heterocycles. The molecule has 0 fully saturated rings. The second-order valence-electron chi connectivity index (χ2n) is 3.33. The molecule has 4 nitrogen and oxygen atoms in total. The number of carbonyl (C=O) groups excluding carboxylic acids is 1. The third kappa shape index (κ3) is 4.63. The summed E-state index contributed by atoms with van der Waals surface area (Å²) in [5.41, 5.74) is 0. The molecule has 5 heteroatoms. The monoisotopic (exact) mass is 240 g/mol. The molecule has 0 saturated heterocycles. The van der Waals surface area contributed by atoms with Crippen molar-refractivity contribution in [1.29, 1.82) is 0 Å². The van der Waals surface area contributed by atoms with Crippen LogP contribution in [0.1, 0.15) is 13.3 Å². The first-order valence-electron chi connectivity index (χ1n) is 5.19. The minimum absolute atomic E-state index is 0.0117. The van der Waals surface area contributed by atoms with Crippen LogP contribution in [0.3, 0.4) is 0 Å². The first-order valence-corrected chi connectivity index (χ1v) is 6.17. The average Bonchev–Trinajstić information content (AvgIpc) is 2.34. The number of aliphatic hydroxyl groups excluding tert-OH is 1. The molecule has 0 bridgehead atoms. The van der Waals surface area contributed by atoms with Crippen molar-refractivity contribution < 1.29 is 9.90 Å². The Morgan fingerprint density at radius 1 is 1.56 bits per heavy atom. The van der Waals surface area contributed by atoms with E-state index in [0.717, 1.165) is 11.3 Å². The normalized spacial score (nSPS) is 12.1. The summed E-state index contributed by atoms with van der Waals surface area (Å²) in [4.78, 5) is 16.4. The van der Waals surface area contributed by atoms with Crippen LogP contribution >= 0.6 is 11.8 Å². The van der Waals surface area contributed by atoms with Gasteiger partial charge in [-0.25, -0.2) is 0 Å². The first kappa shape index (κ1) is 13.0. The Balaban J connectivity index is 2.30. The van der Waals surface area contributed by atoms with Gasteiger partial charge in [0.1, 0.15) is 0 Å². The highest BCUT2D eigenvalue weighted by Gasteiger charge is 2.08. The Morgan fingerprint density at radius 2 is 2.25 bits per heavy atom. The number of carbonyl (C=O) groups is 1. The van der Waals surface area contributed by atoms with Gasteiger partial charge in [0.05, 0.1) is 18.4 Å². The average molecular weight is 240 g/mol. The van der Waals surface area contributed by atoms with Crippen molar-refractivity contribution in [3.63, 3.8) is 0 Å². The van der Waals surface area contributed by atoms with Crippen molar-refractivity contribution >= 4 is 17.7 Å². The molecule has 1 amide bonds. The molecule has 0 radical (unpaired) electrons. The molecule has 0 aromatic carbocycles. The lowest BCUT2D eigenvalue weighted by atomic mass is 10.2. The van der Waals surface area contributed by atoms with E-state index in [1.165, 1.54) is 11.8 Å². The van der Waals surface area contributed by atoms with E-state index in [4.69, 9.17) is 5.11 Å². The maximum absolute atomic E-state index is 11.5. The zero-order chi connectivity index (χ0) is 11.8. The minimum Gasteiger partial charge on any atom is -0.394 e. The summed E-state index contributed by atoms with van der Waals surface area (Å²) in [6, 6.07) is 3.59. The predicted octanol–water partition coefficient (Wildman–Crippen LogP) is 1.06. The van der Waals surface area contributed by atoms with Gasteiger partial charge in [0.15, 0.2) is 0 Å². The highest BCUT2D eigenvalue weighted by molar-refractivity contribution is 8.00. The number of amides is 1. The second kappa shape index (κ2) is 7.24. The molecular formula is C11H16N2O2S. The van der Waals surface area contributed by atoms with Gasteiger partial charge < -0.3 is 10.4 Å². The quantitative estimate of drug-likeness (QED) is 0.730. The molecule has 0 aliphatic heterocycles. The van der Waals surface area contributed by atoms with Gasteiger partial charge in [-0.2, -0.15) is 0 Å². The molecule has 0 spiro atoms. The molecule has 1 heterocycles. The molecule has 2 N–H and O–H groups in total. The molecule has 0 aliphatic rings. The van der Waals surface area contributed by atoms with Crippen LogP contribution < -0.4 is 5.32 Å². The van der Waals surface area contributed by atoms with Gasteiger partial charge >= 0.3 is 0 Å². The number of aromatic nitrogens is 1.